The lowest BCUT2D eigenvalue weighted by Crippen LogP contribution is -2.41. The molecule has 1 aliphatic carbocycles. The molecule has 2 nitrogen and oxygen atoms in total. The summed E-state index contributed by atoms with van der Waals surface area (Å²) in [5.41, 5.74) is 9.43. The van der Waals surface area contributed by atoms with Crippen molar-refractivity contribution in [2.75, 3.05) is 24.5 Å². The van der Waals surface area contributed by atoms with E-state index in [2.05, 4.69) is 29.2 Å². The van der Waals surface area contributed by atoms with Gasteiger partial charge in [-0.15, -0.1) is 0 Å². The molecule has 3 rings (SSSR count). The summed E-state index contributed by atoms with van der Waals surface area (Å²) in [5.74, 6) is 0. The number of nitrogens with zero attached hydrogens (tertiary/aromatic N) is 1. The van der Waals surface area contributed by atoms with E-state index in [-0.39, 0.29) is 0 Å². The van der Waals surface area contributed by atoms with E-state index in [4.69, 9.17) is 5.73 Å². The number of rotatable bonds is 4. The Labute approximate surface area is 110 Å². The lowest BCUT2D eigenvalue weighted by molar-refractivity contribution is 0.133. The molecule has 2 N–H and O–H groups in total. The Bertz CT molecular complexity index is 404. The quantitative estimate of drug-likeness (QED) is 0.882. The van der Waals surface area contributed by atoms with Crippen LogP contribution in [0.5, 0.6) is 0 Å². The van der Waals surface area contributed by atoms with Gasteiger partial charge < -0.3 is 10.6 Å². The van der Waals surface area contributed by atoms with Crippen LogP contribution in [0.2, 0.25) is 0 Å². The summed E-state index contributed by atoms with van der Waals surface area (Å²) < 4.78 is 0. The monoisotopic (exact) mass is 244 g/mol. The Balaban J connectivity index is 1.67. The fourth-order valence-electron chi connectivity index (χ4n) is 3.45. The van der Waals surface area contributed by atoms with Gasteiger partial charge in [0.1, 0.15) is 0 Å². The van der Waals surface area contributed by atoms with Crippen molar-refractivity contribution in [1.82, 2.24) is 0 Å². The van der Waals surface area contributed by atoms with Crippen LogP contribution in [0, 0.1) is 5.41 Å². The molecule has 98 valence electrons. The van der Waals surface area contributed by atoms with E-state index < -0.39 is 0 Å². The lowest BCUT2D eigenvalue weighted by Gasteiger charge is -2.43. The first-order chi connectivity index (χ1) is 8.83. The summed E-state index contributed by atoms with van der Waals surface area (Å²) in [6.07, 6.45) is 7.89. The first-order valence-electron chi connectivity index (χ1n) is 7.36. The molecule has 0 unspecified atom stereocenters. The maximum Gasteiger partial charge on any atom is 0.0398 e. The average molecular weight is 244 g/mol. The summed E-state index contributed by atoms with van der Waals surface area (Å²) in [7, 11) is 0. The highest BCUT2D eigenvalue weighted by Gasteiger charge is 2.35. The number of benzene rings is 1. The van der Waals surface area contributed by atoms with Gasteiger partial charge in [0.05, 0.1) is 0 Å². The lowest BCUT2D eigenvalue weighted by atomic mass is 9.66. The zero-order valence-corrected chi connectivity index (χ0v) is 11.2. The summed E-state index contributed by atoms with van der Waals surface area (Å²) in [5, 5.41) is 0. The molecule has 0 saturated heterocycles. The van der Waals surface area contributed by atoms with E-state index in [0.717, 1.165) is 6.54 Å². The number of nitrogens with two attached hydrogens (primary N) is 1. The molecule has 2 heteroatoms. The summed E-state index contributed by atoms with van der Waals surface area (Å²) in [4.78, 5) is 2.58. The van der Waals surface area contributed by atoms with Crippen molar-refractivity contribution in [1.29, 1.82) is 0 Å². The van der Waals surface area contributed by atoms with E-state index in [0.29, 0.717) is 5.41 Å². The Morgan fingerprint density at radius 3 is 2.72 bits per heavy atom. The van der Waals surface area contributed by atoms with Gasteiger partial charge in [-0.25, -0.2) is 0 Å². The predicted octanol–water partition coefficient (Wildman–Crippen LogP) is 2.96. The smallest absolute Gasteiger partial charge is 0.0398 e. The highest BCUT2D eigenvalue weighted by molar-refractivity contribution is 5.55. The number of para-hydroxylation sites is 1. The number of fused-ring (bicyclic) bond motifs is 1. The molecule has 1 aliphatic heterocycles. The molecule has 1 fully saturated rings. The molecular formula is C16H24N2. The van der Waals surface area contributed by atoms with Gasteiger partial charge in [-0.3, -0.25) is 0 Å². The number of hydrogen-bond acceptors (Lipinski definition) is 2. The summed E-state index contributed by atoms with van der Waals surface area (Å²) in [6.45, 7) is 3.29. The van der Waals surface area contributed by atoms with Gasteiger partial charge in [0, 0.05) is 18.8 Å². The highest BCUT2D eigenvalue weighted by atomic mass is 15.1. The van der Waals surface area contributed by atoms with E-state index in [1.165, 1.54) is 62.9 Å². The Morgan fingerprint density at radius 2 is 2.00 bits per heavy atom. The highest BCUT2D eigenvalue weighted by Crippen LogP contribution is 2.43. The SMILES string of the molecule is NCC1(CCN2CCCc3ccccc32)CCC1. The zero-order chi connectivity index (χ0) is 12.4. The second-order valence-corrected chi connectivity index (χ2v) is 6.03. The molecule has 0 spiro atoms. The fraction of sp³-hybridized carbons (Fsp3) is 0.625. The van der Waals surface area contributed by atoms with Gasteiger partial charge in [0.15, 0.2) is 0 Å². The summed E-state index contributed by atoms with van der Waals surface area (Å²) in [6, 6.07) is 8.89. The van der Waals surface area contributed by atoms with Crippen LogP contribution in [0.15, 0.2) is 24.3 Å². The van der Waals surface area contributed by atoms with Crippen LogP contribution in [0.4, 0.5) is 5.69 Å². The molecule has 2 aliphatic rings. The van der Waals surface area contributed by atoms with Crippen LogP contribution in [0.3, 0.4) is 0 Å². The van der Waals surface area contributed by atoms with E-state index in [9.17, 15) is 0 Å². The standard InChI is InChI=1S/C16H24N2/c17-13-16(8-4-9-16)10-12-18-11-3-6-14-5-1-2-7-15(14)18/h1-2,5,7H,3-4,6,8-13,17H2. The maximum atomic E-state index is 5.96. The van der Waals surface area contributed by atoms with Gasteiger partial charge in [-0.05, 0) is 55.7 Å². The second kappa shape index (κ2) is 4.93. The Morgan fingerprint density at radius 1 is 1.17 bits per heavy atom. The maximum absolute atomic E-state index is 5.96. The predicted molar refractivity (Wildman–Crippen MR) is 76.9 cm³/mol. The van der Waals surface area contributed by atoms with Crippen molar-refractivity contribution in [2.45, 2.75) is 38.5 Å². The minimum Gasteiger partial charge on any atom is -0.371 e. The number of aryl methyl sites for hydroxylation is 1. The molecule has 0 amide bonds. The van der Waals surface area contributed by atoms with Crippen molar-refractivity contribution in [3.8, 4) is 0 Å². The molecule has 18 heavy (non-hydrogen) atoms. The first-order valence-corrected chi connectivity index (χ1v) is 7.36. The van der Waals surface area contributed by atoms with Crippen LogP contribution in [0.25, 0.3) is 0 Å². The van der Waals surface area contributed by atoms with Crippen molar-refractivity contribution in [3.05, 3.63) is 29.8 Å². The van der Waals surface area contributed by atoms with Crippen LogP contribution in [0.1, 0.15) is 37.7 Å². The number of anilines is 1. The van der Waals surface area contributed by atoms with Crippen molar-refractivity contribution < 1.29 is 0 Å². The molecule has 0 radical (unpaired) electrons. The third-order valence-corrected chi connectivity index (χ3v) is 4.97. The minimum atomic E-state index is 0.479. The third-order valence-electron chi connectivity index (χ3n) is 4.97. The van der Waals surface area contributed by atoms with Crippen molar-refractivity contribution >= 4 is 5.69 Å². The van der Waals surface area contributed by atoms with Gasteiger partial charge in [-0.1, -0.05) is 24.6 Å². The molecule has 1 aromatic rings. The van der Waals surface area contributed by atoms with E-state index >= 15 is 0 Å². The number of hydrogen-bond donors (Lipinski definition) is 1. The fourth-order valence-corrected chi connectivity index (χ4v) is 3.45. The van der Waals surface area contributed by atoms with Gasteiger partial charge >= 0.3 is 0 Å². The van der Waals surface area contributed by atoms with E-state index in [1.807, 2.05) is 0 Å². The normalized spacial score (nSPS) is 21.3. The molecule has 1 saturated carbocycles. The van der Waals surface area contributed by atoms with Crippen LogP contribution >= 0.6 is 0 Å². The van der Waals surface area contributed by atoms with Crippen molar-refractivity contribution in [2.24, 2.45) is 11.1 Å². The van der Waals surface area contributed by atoms with Gasteiger partial charge in [0.2, 0.25) is 0 Å². The molecule has 1 heterocycles. The molecule has 0 atom stereocenters. The Hall–Kier alpha value is -1.02. The Kier molecular flexibility index (Phi) is 3.29. The summed E-state index contributed by atoms with van der Waals surface area (Å²) >= 11 is 0. The third kappa shape index (κ3) is 2.14. The van der Waals surface area contributed by atoms with Crippen LogP contribution in [-0.4, -0.2) is 19.6 Å². The molecule has 0 aromatic heterocycles. The van der Waals surface area contributed by atoms with Crippen LogP contribution in [-0.2, 0) is 6.42 Å². The second-order valence-electron chi connectivity index (χ2n) is 6.03. The molecule has 1 aromatic carbocycles. The zero-order valence-electron chi connectivity index (χ0n) is 11.2. The van der Waals surface area contributed by atoms with Gasteiger partial charge in [0.25, 0.3) is 0 Å². The topological polar surface area (TPSA) is 29.3 Å². The minimum absolute atomic E-state index is 0.479. The average Bonchev–Trinajstić information content (AvgIpc) is 2.38. The molecular weight excluding hydrogens is 220 g/mol. The van der Waals surface area contributed by atoms with Gasteiger partial charge in [-0.2, -0.15) is 0 Å². The van der Waals surface area contributed by atoms with Crippen molar-refractivity contribution in [3.63, 3.8) is 0 Å². The van der Waals surface area contributed by atoms with Crippen LogP contribution < -0.4 is 10.6 Å². The van der Waals surface area contributed by atoms with E-state index in [1.54, 1.807) is 0 Å². The first kappa shape index (κ1) is 12.0. The molecule has 0 bridgehead atoms. The largest absolute Gasteiger partial charge is 0.371 e.